The van der Waals surface area contributed by atoms with E-state index >= 15 is 0 Å². The fraction of sp³-hybridized carbons (Fsp3) is 0.136. The van der Waals surface area contributed by atoms with Gasteiger partial charge in [0.05, 0.1) is 7.11 Å². The van der Waals surface area contributed by atoms with E-state index in [0.29, 0.717) is 33.1 Å². The van der Waals surface area contributed by atoms with Crippen molar-refractivity contribution >= 4 is 33.3 Å². The van der Waals surface area contributed by atoms with Crippen molar-refractivity contribution in [3.63, 3.8) is 0 Å². The minimum Gasteiger partial charge on any atom is -0.497 e. The van der Waals surface area contributed by atoms with Gasteiger partial charge in [-0.3, -0.25) is 4.79 Å². The van der Waals surface area contributed by atoms with Crippen LogP contribution in [0, 0.1) is 13.8 Å². The van der Waals surface area contributed by atoms with Crippen molar-refractivity contribution in [3.8, 4) is 11.5 Å². The third-order valence-electron chi connectivity index (χ3n) is 4.41. The summed E-state index contributed by atoms with van der Waals surface area (Å²) in [4.78, 5) is 12.5. The summed E-state index contributed by atoms with van der Waals surface area (Å²) in [6.45, 7) is 3.52. The molecule has 6 nitrogen and oxygen atoms in total. The zero-order valence-electron chi connectivity index (χ0n) is 16.6. The molecule has 0 aliphatic heterocycles. The average molecular weight is 446 g/mol. The van der Waals surface area contributed by atoms with Crippen molar-refractivity contribution in [1.82, 2.24) is 0 Å². The van der Waals surface area contributed by atoms with Gasteiger partial charge in [-0.25, -0.2) is 0 Å². The number of hydrogen-bond donors (Lipinski definition) is 1. The van der Waals surface area contributed by atoms with Gasteiger partial charge in [-0.15, -0.1) is 0 Å². The Balaban J connectivity index is 1.81. The van der Waals surface area contributed by atoms with E-state index in [4.69, 9.17) is 20.5 Å². The molecule has 0 saturated heterocycles. The SMILES string of the molecule is COc1ccc(S(=O)(=O)Oc2cc(C)c(NC(=O)c3ccc(Cl)cc3)c(C)c2)cc1. The minimum atomic E-state index is -4.01. The summed E-state index contributed by atoms with van der Waals surface area (Å²) < 4.78 is 35.4. The first-order valence-corrected chi connectivity index (χ1v) is 10.7. The first kappa shape index (κ1) is 21.7. The normalized spacial score (nSPS) is 11.1. The summed E-state index contributed by atoms with van der Waals surface area (Å²) in [5.74, 6) is 0.407. The predicted octanol–water partition coefficient (Wildman–Crippen LogP) is 4.99. The number of carbonyl (C=O) groups is 1. The van der Waals surface area contributed by atoms with Gasteiger partial charge in [-0.1, -0.05) is 11.6 Å². The maximum Gasteiger partial charge on any atom is 0.339 e. The van der Waals surface area contributed by atoms with E-state index in [-0.39, 0.29) is 16.6 Å². The smallest absolute Gasteiger partial charge is 0.339 e. The zero-order chi connectivity index (χ0) is 21.9. The first-order chi connectivity index (χ1) is 14.2. The number of nitrogens with one attached hydrogen (secondary N) is 1. The summed E-state index contributed by atoms with van der Waals surface area (Å²) >= 11 is 5.86. The lowest BCUT2D eigenvalue weighted by molar-refractivity contribution is 0.102. The van der Waals surface area contributed by atoms with Crippen LogP contribution in [0.15, 0.2) is 65.6 Å². The van der Waals surface area contributed by atoms with E-state index < -0.39 is 10.1 Å². The second-order valence-corrected chi connectivity index (χ2v) is 8.59. The second-order valence-electron chi connectivity index (χ2n) is 6.61. The monoisotopic (exact) mass is 445 g/mol. The number of anilines is 1. The number of aryl methyl sites for hydroxylation is 2. The van der Waals surface area contributed by atoms with Gasteiger partial charge in [0.15, 0.2) is 0 Å². The van der Waals surface area contributed by atoms with Crippen molar-refractivity contribution < 1.29 is 22.1 Å². The molecule has 1 N–H and O–H groups in total. The van der Waals surface area contributed by atoms with Crippen molar-refractivity contribution in [2.45, 2.75) is 18.7 Å². The Morgan fingerprint density at radius 1 is 0.900 bits per heavy atom. The van der Waals surface area contributed by atoms with Crippen LogP contribution in [0.5, 0.6) is 11.5 Å². The maximum absolute atomic E-state index is 12.6. The highest BCUT2D eigenvalue weighted by Crippen LogP contribution is 2.29. The molecule has 3 aromatic rings. The Morgan fingerprint density at radius 3 is 2.00 bits per heavy atom. The Kier molecular flexibility index (Phi) is 6.34. The molecule has 0 radical (unpaired) electrons. The number of methoxy groups -OCH3 is 1. The van der Waals surface area contributed by atoms with Gasteiger partial charge in [-0.05, 0) is 85.6 Å². The quantitative estimate of drug-likeness (QED) is 0.541. The topological polar surface area (TPSA) is 81.7 Å². The second kappa shape index (κ2) is 8.77. The molecule has 0 aromatic heterocycles. The lowest BCUT2D eigenvalue weighted by atomic mass is 10.1. The molecule has 0 aliphatic rings. The van der Waals surface area contributed by atoms with Gasteiger partial charge in [0.1, 0.15) is 16.4 Å². The summed E-state index contributed by atoms with van der Waals surface area (Å²) in [7, 11) is -2.51. The summed E-state index contributed by atoms with van der Waals surface area (Å²) in [5, 5.41) is 3.39. The molecule has 0 unspecified atom stereocenters. The van der Waals surface area contributed by atoms with Crippen LogP contribution in [0.3, 0.4) is 0 Å². The molecule has 0 atom stereocenters. The Bertz CT molecular complexity index is 1150. The molecule has 0 aliphatic carbocycles. The van der Waals surface area contributed by atoms with Crippen LogP contribution in [0.1, 0.15) is 21.5 Å². The van der Waals surface area contributed by atoms with Crippen LogP contribution in [0.25, 0.3) is 0 Å². The fourth-order valence-corrected chi connectivity index (χ4v) is 3.91. The molecule has 1 amide bonds. The molecule has 0 bridgehead atoms. The highest BCUT2D eigenvalue weighted by molar-refractivity contribution is 7.87. The maximum atomic E-state index is 12.6. The number of carbonyl (C=O) groups excluding carboxylic acids is 1. The molecular weight excluding hydrogens is 426 g/mol. The number of rotatable bonds is 6. The van der Waals surface area contributed by atoms with Crippen LogP contribution in [0.2, 0.25) is 5.02 Å². The molecule has 3 aromatic carbocycles. The van der Waals surface area contributed by atoms with Gasteiger partial charge in [0, 0.05) is 16.3 Å². The van der Waals surface area contributed by atoms with Gasteiger partial charge < -0.3 is 14.2 Å². The zero-order valence-corrected chi connectivity index (χ0v) is 18.2. The Hall–Kier alpha value is -3.03. The number of amides is 1. The summed E-state index contributed by atoms with van der Waals surface area (Å²) in [6, 6.07) is 15.6. The predicted molar refractivity (Wildman–Crippen MR) is 116 cm³/mol. The highest BCUT2D eigenvalue weighted by atomic mass is 35.5. The number of ether oxygens (including phenoxy) is 1. The molecular formula is C22H20ClNO5S. The standard InChI is InChI=1S/C22H20ClNO5S/c1-14-12-19(29-30(26,27)20-10-8-18(28-3)9-11-20)13-15(2)21(14)24-22(25)16-4-6-17(23)7-5-16/h4-13H,1-3H3,(H,24,25). The third-order valence-corrected chi connectivity index (χ3v) is 5.92. The lowest BCUT2D eigenvalue weighted by Crippen LogP contribution is -2.14. The molecule has 0 spiro atoms. The van der Waals surface area contributed by atoms with E-state index in [2.05, 4.69) is 5.32 Å². The van der Waals surface area contributed by atoms with Gasteiger partial charge in [-0.2, -0.15) is 8.42 Å². The van der Waals surface area contributed by atoms with Crippen molar-refractivity contribution in [2.75, 3.05) is 12.4 Å². The number of hydrogen-bond acceptors (Lipinski definition) is 5. The van der Waals surface area contributed by atoms with Crippen LogP contribution in [-0.4, -0.2) is 21.4 Å². The average Bonchev–Trinajstić information content (AvgIpc) is 2.71. The summed E-state index contributed by atoms with van der Waals surface area (Å²) in [6.07, 6.45) is 0. The molecule has 0 fully saturated rings. The molecule has 30 heavy (non-hydrogen) atoms. The fourth-order valence-electron chi connectivity index (χ4n) is 2.87. The van der Waals surface area contributed by atoms with E-state index in [9.17, 15) is 13.2 Å². The molecule has 3 rings (SSSR count). The van der Waals surface area contributed by atoms with Gasteiger partial charge in [0.25, 0.3) is 5.91 Å². The van der Waals surface area contributed by atoms with E-state index in [0.717, 1.165) is 0 Å². The Labute approximate surface area is 180 Å². The van der Waals surface area contributed by atoms with E-state index in [1.54, 1.807) is 62.4 Å². The van der Waals surface area contributed by atoms with Crippen molar-refractivity contribution in [2.24, 2.45) is 0 Å². The van der Waals surface area contributed by atoms with Crippen molar-refractivity contribution in [3.05, 3.63) is 82.4 Å². The van der Waals surface area contributed by atoms with E-state index in [1.165, 1.54) is 19.2 Å². The van der Waals surface area contributed by atoms with Gasteiger partial charge in [0.2, 0.25) is 0 Å². The van der Waals surface area contributed by atoms with Crippen LogP contribution >= 0.6 is 11.6 Å². The van der Waals surface area contributed by atoms with E-state index in [1.807, 2.05) is 0 Å². The molecule has 8 heteroatoms. The number of benzene rings is 3. The number of halogens is 1. The molecule has 0 heterocycles. The highest BCUT2D eigenvalue weighted by Gasteiger charge is 2.19. The molecule has 156 valence electrons. The van der Waals surface area contributed by atoms with Crippen LogP contribution < -0.4 is 14.2 Å². The molecule has 0 saturated carbocycles. The van der Waals surface area contributed by atoms with Gasteiger partial charge >= 0.3 is 10.1 Å². The summed E-state index contributed by atoms with van der Waals surface area (Å²) in [5.41, 5.74) is 2.37. The minimum absolute atomic E-state index is 0.0127. The van der Waals surface area contributed by atoms with Crippen LogP contribution in [-0.2, 0) is 10.1 Å². The largest absolute Gasteiger partial charge is 0.497 e. The first-order valence-electron chi connectivity index (χ1n) is 8.96. The third kappa shape index (κ3) is 4.93. The van der Waals surface area contributed by atoms with Crippen molar-refractivity contribution in [1.29, 1.82) is 0 Å². The lowest BCUT2D eigenvalue weighted by Gasteiger charge is -2.15. The van der Waals surface area contributed by atoms with Crippen LogP contribution in [0.4, 0.5) is 5.69 Å². The Morgan fingerprint density at radius 2 is 1.47 bits per heavy atom.